The molecule has 70 valence electrons. The van der Waals surface area contributed by atoms with Gasteiger partial charge in [0.2, 0.25) is 0 Å². The Bertz CT molecular complexity index is 313. The van der Waals surface area contributed by atoms with Crippen molar-refractivity contribution in [3.63, 3.8) is 0 Å². The molecule has 0 heterocycles. The Hall–Kier alpha value is -1.71. The van der Waals surface area contributed by atoms with Crippen molar-refractivity contribution >= 4 is 5.71 Å². The monoisotopic (exact) mass is 181 g/mol. The van der Waals surface area contributed by atoms with E-state index >= 15 is 0 Å². The summed E-state index contributed by atoms with van der Waals surface area (Å²) in [5.41, 5.74) is 0.447. The van der Waals surface area contributed by atoms with Gasteiger partial charge >= 0.3 is 0 Å². The third-order valence-electron chi connectivity index (χ3n) is 1.76. The van der Waals surface area contributed by atoms with Crippen molar-refractivity contribution in [2.75, 3.05) is 0 Å². The summed E-state index contributed by atoms with van der Waals surface area (Å²) in [6.07, 6.45) is 0.432. The molecule has 0 saturated carbocycles. The Balaban J connectivity index is 3.27. The average Bonchev–Trinajstić information content (AvgIpc) is 2.11. The molecule has 0 aromatic heterocycles. The molecule has 1 aromatic rings. The van der Waals surface area contributed by atoms with Crippen LogP contribution in [0.4, 0.5) is 0 Å². The van der Waals surface area contributed by atoms with Crippen molar-refractivity contribution in [1.29, 1.82) is 0 Å². The molecule has 1 aromatic carbocycles. The standard InChI is InChI=1S/C9H11NO3/c1-2-6(10-13)9-7(11)4-3-5-8(9)12/h3-5,11-13H,2H2,1H3/b10-6-. The van der Waals surface area contributed by atoms with E-state index in [1.165, 1.54) is 18.2 Å². The average molecular weight is 181 g/mol. The third kappa shape index (κ3) is 1.72. The third-order valence-corrected chi connectivity index (χ3v) is 1.76. The molecule has 0 unspecified atom stereocenters. The molecule has 0 spiro atoms. The van der Waals surface area contributed by atoms with E-state index in [4.69, 9.17) is 5.21 Å². The summed E-state index contributed by atoms with van der Waals surface area (Å²) in [6, 6.07) is 4.37. The number of oxime groups is 1. The Morgan fingerprint density at radius 3 is 2.23 bits per heavy atom. The van der Waals surface area contributed by atoms with Crippen LogP contribution in [-0.4, -0.2) is 21.1 Å². The molecule has 0 fully saturated rings. The van der Waals surface area contributed by atoms with E-state index in [2.05, 4.69) is 5.16 Å². The number of nitrogens with zero attached hydrogens (tertiary/aromatic N) is 1. The first-order valence-corrected chi connectivity index (χ1v) is 3.93. The summed E-state index contributed by atoms with van der Waals surface area (Å²) in [5, 5.41) is 30.3. The fourth-order valence-corrected chi connectivity index (χ4v) is 1.12. The maximum absolute atomic E-state index is 9.37. The lowest BCUT2D eigenvalue weighted by Crippen LogP contribution is -1.99. The first-order chi connectivity index (χ1) is 6.20. The Labute approximate surface area is 75.8 Å². The summed E-state index contributed by atoms with van der Waals surface area (Å²) in [4.78, 5) is 0. The minimum Gasteiger partial charge on any atom is -0.507 e. The Kier molecular flexibility index (Phi) is 2.74. The smallest absolute Gasteiger partial charge is 0.128 e. The molecule has 0 aliphatic carbocycles. The van der Waals surface area contributed by atoms with Crippen molar-refractivity contribution < 1.29 is 15.4 Å². The van der Waals surface area contributed by atoms with Crippen molar-refractivity contribution in [3.8, 4) is 11.5 Å². The van der Waals surface area contributed by atoms with Crippen LogP contribution in [0.25, 0.3) is 0 Å². The lowest BCUT2D eigenvalue weighted by molar-refractivity contribution is 0.317. The van der Waals surface area contributed by atoms with Gasteiger partial charge in [0.05, 0.1) is 11.3 Å². The fraction of sp³-hybridized carbons (Fsp3) is 0.222. The lowest BCUT2D eigenvalue weighted by Gasteiger charge is -2.06. The van der Waals surface area contributed by atoms with E-state index in [9.17, 15) is 10.2 Å². The van der Waals surface area contributed by atoms with Gasteiger partial charge in [-0.3, -0.25) is 0 Å². The summed E-state index contributed by atoms with van der Waals surface area (Å²) in [6.45, 7) is 1.76. The minimum atomic E-state index is -0.0883. The van der Waals surface area contributed by atoms with E-state index < -0.39 is 0 Å². The van der Waals surface area contributed by atoms with Gasteiger partial charge in [0, 0.05) is 0 Å². The van der Waals surface area contributed by atoms with Crippen LogP contribution in [0, 0.1) is 0 Å². The Morgan fingerprint density at radius 2 is 1.85 bits per heavy atom. The first kappa shape index (κ1) is 9.38. The van der Waals surface area contributed by atoms with E-state index in [0.29, 0.717) is 6.42 Å². The zero-order chi connectivity index (χ0) is 9.84. The van der Waals surface area contributed by atoms with Gasteiger partial charge in [0.15, 0.2) is 0 Å². The molecule has 0 atom stereocenters. The molecule has 0 radical (unpaired) electrons. The van der Waals surface area contributed by atoms with E-state index in [0.717, 1.165) is 0 Å². The van der Waals surface area contributed by atoms with E-state index in [-0.39, 0.29) is 22.8 Å². The molecular weight excluding hydrogens is 170 g/mol. The number of hydrogen-bond acceptors (Lipinski definition) is 4. The molecule has 3 N–H and O–H groups in total. The van der Waals surface area contributed by atoms with E-state index in [1.54, 1.807) is 6.92 Å². The van der Waals surface area contributed by atoms with Crippen molar-refractivity contribution in [3.05, 3.63) is 23.8 Å². The van der Waals surface area contributed by atoms with Crippen LogP contribution < -0.4 is 0 Å². The molecular formula is C9H11NO3. The number of aromatic hydroxyl groups is 2. The SMILES string of the molecule is CC/C(=N/O)c1c(O)cccc1O. The normalized spacial score (nSPS) is 11.6. The highest BCUT2D eigenvalue weighted by Gasteiger charge is 2.12. The zero-order valence-corrected chi connectivity index (χ0v) is 7.23. The highest BCUT2D eigenvalue weighted by molar-refractivity contribution is 6.04. The van der Waals surface area contributed by atoms with Gasteiger partial charge in [0.25, 0.3) is 0 Å². The topological polar surface area (TPSA) is 73.1 Å². The number of phenolic OH excluding ortho intramolecular Hbond substituents is 2. The Morgan fingerprint density at radius 1 is 1.31 bits per heavy atom. The van der Waals surface area contributed by atoms with Crippen molar-refractivity contribution in [2.24, 2.45) is 5.16 Å². The molecule has 0 amide bonds. The van der Waals surface area contributed by atoms with E-state index in [1.807, 2.05) is 0 Å². The van der Waals surface area contributed by atoms with Gasteiger partial charge in [-0.2, -0.15) is 0 Å². The fourth-order valence-electron chi connectivity index (χ4n) is 1.12. The lowest BCUT2D eigenvalue weighted by atomic mass is 10.1. The van der Waals surface area contributed by atoms with Crippen molar-refractivity contribution in [2.45, 2.75) is 13.3 Å². The molecule has 4 nitrogen and oxygen atoms in total. The molecule has 0 aliphatic heterocycles. The quantitative estimate of drug-likeness (QED) is 0.369. The summed E-state index contributed by atoms with van der Waals surface area (Å²) in [5.74, 6) is -0.177. The number of rotatable bonds is 2. The number of phenols is 2. The van der Waals surface area contributed by atoms with Crippen LogP contribution in [0.5, 0.6) is 11.5 Å². The largest absolute Gasteiger partial charge is 0.507 e. The maximum Gasteiger partial charge on any atom is 0.128 e. The van der Waals surface area contributed by atoms with Crippen LogP contribution in [0.1, 0.15) is 18.9 Å². The van der Waals surface area contributed by atoms with Gasteiger partial charge in [-0.1, -0.05) is 18.1 Å². The second kappa shape index (κ2) is 3.80. The second-order valence-electron chi connectivity index (χ2n) is 2.57. The molecule has 4 heteroatoms. The van der Waals surface area contributed by atoms with Crippen LogP contribution in [0.3, 0.4) is 0 Å². The van der Waals surface area contributed by atoms with Gasteiger partial charge in [-0.15, -0.1) is 0 Å². The van der Waals surface area contributed by atoms with Crippen LogP contribution in [-0.2, 0) is 0 Å². The summed E-state index contributed by atoms with van der Waals surface area (Å²) in [7, 11) is 0. The summed E-state index contributed by atoms with van der Waals surface area (Å²) < 4.78 is 0. The minimum absolute atomic E-state index is 0.0883. The zero-order valence-electron chi connectivity index (χ0n) is 7.23. The number of benzene rings is 1. The summed E-state index contributed by atoms with van der Waals surface area (Å²) >= 11 is 0. The molecule has 0 aliphatic rings. The predicted octanol–water partition coefficient (Wildman–Crippen LogP) is 1.69. The van der Waals surface area contributed by atoms with Gasteiger partial charge in [-0.25, -0.2) is 0 Å². The number of hydrogen-bond donors (Lipinski definition) is 3. The van der Waals surface area contributed by atoms with Gasteiger partial charge in [-0.05, 0) is 18.6 Å². The highest BCUT2D eigenvalue weighted by Crippen LogP contribution is 2.27. The molecule has 13 heavy (non-hydrogen) atoms. The van der Waals surface area contributed by atoms with Crippen LogP contribution in [0.2, 0.25) is 0 Å². The highest BCUT2D eigenvalue weighted by atomic mass is 16.4. The van der Waals surface area contributed by atoms with Crippen LogP contribution in [0.15, 0.2) is 23.4 Å². The van der Waals surface area contributed by atoms with Crippen LogP contribution >= 0.6 is 0 Å². The molecule has 0 bridgehead atoms. The van der Waals surface area contributed by atoms with Gasteiger partial charge in [0.1, 0.15) is 11.5 Å². The molecule has 1 rings (SSSR count). The molecule has 0 saturated heterocycles. The first-order valence-electron chi connectivity index (χ1n) is 3.93. The predicted molar refractivity (Wildman–Crippen MR) is 48.4 cm³/mol. The van der Waals surface area contributed by atoms with Gasteiger partial charge < -0.3 is 15.4 Å². The second-order valence-corrected chi connectivity index (χ2v) is 2.57. The maximum atomic E-state index is 9.37. The van der Waals surface area contributed by atoms with Crippen molar-refractivity contribution in [1.82, 2.24) is 0 Å².